The van der Waals surface area contributed by atoms with Gasteiger partial charge in [-0.3, -0.25) is 0 Å². The molecule has 11 aromatic rings. The third-order valence-corrected chi connectivity index (χ3v) is 23.9. The second kappa shape index (κ2) is 37.3. The molecule has 11 rings (SSSR count). The van der Waals surface area contributed by atoms with Gasteiger partial charge in [0, 0.05) is 0 Å². The van der Waals surface area contributed by atoms with Crippen LogP contribution >= 0.6 is 0 Å². The molecule has 0 heterocycles. The van der Waals surface area contributed by atoms with Crippen molar-refractivity contribution in [3.8, 4) is 66.8 Å². The predicted molar refractivity (Wildman–Crippen MR) is 547 cm³/mol. The van der Waals surface area contributed by atoms with Crippen LogP contribution < -0.4 is 0 Å². The molecule has 0 aliphatic heterocycles. The third-order valence-electron chi connectivity index (χ3n) is 23.9. The van der Waals surface area contributed by atoms with E-state index in [4.69, 9.17) is 0 Å². The number of hydrogen-bond donors (Lipinski definition) is 0. The largest absolute Gasteiger partial charge is 0.0622 e. The van der Waals surface area contributed by atoms with Gasteiger partial charge in [0.25, 0.3) is 0 Å². The van der Waals surface area contributed by atoms with Crippen molar-refractivity contribution in [3.05, 3.63) is 321 Å². The van der Waals surface area contributed by atoms with Crippen molar-refractivity contribution in [2.45, 2.75) is 367 Å². The van der Waals surface area contributed by atoms with Gasteiger partial charge in [0.2, 0.25) is 0 Å². The van der Waals surface area contributed by atoms with Crippen molar-refractivity contribution in [3.63, 3.8) is 0 Å². The zero-order chi connectivity index (χ0) is 92.3. The monoisotopic (exact) mass is 1630 g/mol. The Balaban J connectivity index is 0.000000219. The molecule has 0 N–H and O–H groups in total. The molecule has 0 heteroatoms. The van der Waals surface area contributed by atoms with E-state index in [1.54, 1.807) is 0 Å². The van der Waals surface area contributed by atoms with Gasteiger partial charge in [-0.15, -0.1) is 0 Å². The highest BCUT2D eigenvalue weighted by atomic mass is 14.3. The summed E-state index contributed by atoms with van der Waals surface area (Å²) in [6.45, 7) is 96.2. The molecule has 0 amide bonds. The Morgan fingerprint density at radius 1 is 0.0902 bits per heavy atom. The summed E-state index contributed by atoms with van der Waals surface area (Å²) in [5, 5.41) is 0. The summed E-state index contributed by atoms with van der Waals surface area (Å²) in [6.07, 6.45) is 0. The van der Waals surface area contributed by atoms with Crippen molar-refractivity contribution in [2.75, 3.05) is 0 Å². The molecule has 0 bridgehead atoms. The first kappa shape index (κ1) is 101. The average molecular weight is 1630 g/mol. The minimum atomic E-state index is 0.0494. The summed E-state index contributed by atoms with van der Waals surface area (Å²) in [4.78, 5) is 0. The van der Waals surface area contributed by atoms with Crippen LogP contribution in [-0.4, -0.2) is 0 Å². The van der Waals surface area contributed by atoms with Crippen LogP contribution in [0.25, 0.3) is 66.8 Å². The van der Waals surface area contributed by atoms with E-state index in [-0.39, 0.29) is 75.8 Å². The normalized spacial score (nSPS) is 13.0. The summed E-state index contributed by atoms with van der Waals surface area (Å²) < 4.78 is 0. The van der Waals surface area contributed by atoms with Gasteiger partial charge in [-0.25, -0.2) is 0 Å². The quantitative estimate of drug-likeness (QED) is 0.156. The van der Waals surface area contributed by atoms with E-state index >= 15 is 0 Å². The summed E-state index contributed by atoms with van der Waals surface area (Å²) in [5.41, 5.74) is 37.2. The maximum atomic E-state index is 2.43. The Labute approximate surface area is 748 Å². The Bertz CT molecular complexity index is 4820. The highest BCUT2D eigenvalue weighted by Crippen LogP contribution is 2.44. The second-order valence-corrected chi connectivity index (χ2v) is 49.8. The number of hydrogen-bond acceptors (Lipinski definition) is 0. The molecule has 0 spiro atoms. The molecule has 0 atom stereocenters. The molecule has 0 fully saturated rings. The second-order valence-electron chi connectivity index (χ2n) is 49.8. The molecule has 654 valence electrons. The fourth-order valence-electron chi connectivity index (χ4n) is 14.5. The Morgan fingerprint density at radius 2 is 0.197 bits per heavy atom. The van der Waals surface area contributed by atoms with E-state index in [0.717, 1.165) is 0 Å². The van der Waals surface area contributed by atoms with Gasteiger partial charge < -0.3 is 0 Å². The summed E-state index contributed by atoms with van der Waals surface area (Å²) in [7, 11) is 0. The zero-order valence-corrected chi connectivity index (χ0v) is 85.1. The molecular formula is C122H166. The van der Waals surface area contributed by atoms with E-state index in [1.807, 2.05) is 0 Å². The van der Waals surface area contributed by atoms with Gasteiger partial charge in [-0.2, -0.15) is 0 Å². The lowest BCUT2D eigenvalue weighted by Crippen LogP contribution is -2.20. The number of rotatable bonds is 6. The lowest BCUT2D eigenvalue weighted by molar-refractivity contribution is 0.548. The molecule has 0 aromatic heterocycles. The fourth-order valence-corrected chi connectivity index (χ4v) is 14.5. The lowest BCUT2D eigenvalue weighted by Gasteiger charge is -2.29. The zero-order valence-electron chi connectivity index (χ0n) is 85.1. The van der Waals surface area contributed by atoms with Crippen molar-refractivity contribution < 1.29 is 0 Å². The van der Waals surface area contributed by atoms with Gasteiger partial charge in [0.15, 0.2) is 0 Å². The molecular weight excluding hydrogens is 1470 g/mol. The smallest absolute Gasteiger partial charge is 0.0131 e. The van der Waals surface area contributed by atoms with Gasteiger partial charge in [-0.05, 0) is 239 Å². The molecule has 0 radical (unpaired) electrons. The van der Waals surface area contributed by atoms with E-state index in [9.17, 15) is 0 Å². The fraction of sp³-hybridized carbons (Fsp3) is 0.459. The summed E-state index contributed by atoms with van der Waals surface area (Å²) >= 11 is 0. The topological polar surface area (TPSA) is 0 Å². The van der Waals surface area contributed by atoms with Crippen LogP contribution in [0.1, 0.15) is 369 Å². The highest BCUT2D eigenvalue weighted by molar-refractivity contribution is 5.79. The average Bonchev–Trinajstić information content (AvgIpc) is 0.769. The van der Waals surface area contributed by atoms with Gasteiger partial charge in [0.1, 0.15) is 0 Å². The van der Waals surface area contributed by atoms with Crippen LogP contribution in [0.2, 0.25) is 0 Å². The van der Waals surface area contributed by atoms with Crippen LogP contribution in [-0.2, 0) is 75.8 Å². The van der Waals surface area contributed by atoms with E-state index in [0.29, 0.717) is 0 Å². The van der Waals surface area contributed by atoms with Crippen molar-refractivity contribution >= 4 is 0 Å². The third kappa shape index (κ3) is 28.7. The lowest BCUT2D eigenvalue weighted by atomic mass is 9.76. The Morgan fingerprint density at radius 3 is 0.344 bits per heavy atom. The SMILES string of the molecule is CC(C)(C)c1cc(-c2cc(C(C)(C)C)cc(C(C)(C)C)c2)cc(-c2cc(C(C)(C)C)cc(C(C)(C)C)c2)c1.CC(C)(C)c1cc(-c2ccccc2)cc(-c2ccccc2)c1.CC(C)(C)c1cc(C(C)(C)C)cc(C(C)(C)C)c1.CC(C)(C)c1ccc(-c2cc(-c3ccc(C(C)(C)C)cc3)cc(C(C)(C)C)c2)cc1.CC(C)(C)c1ccc(C(C)(C)C)cc1. The molecule has 0 aliphatic carbocycles. The maximum absolute atomic E-state index is 2.43. The molecule has 0 nitrogen and oxygen atoms in total. The van der Waals surface area contributed by atoms with E-state index in [1.165, 1.54) is 145 Å². The van der Waals surface area contributed by atoms with Crippen molar-refractivity contribution in [2.24, 2.45) is 0 Å². The standard InChI is InChI=1S/C38H54.C30H38.C22H22.C18H30.C14H22/c1-34(2,3)29-17-25(27-19-30(35(4,5)6)23-31(20-27)36(7,8)9)16-26(18-29)28-21-32(37(10,11)12)24-33(22-28)38(13,14)15;1-28(2,3)25-14-10-21(11-15-25)23-18-24(20-27(19-23)30(7,8)9)22-12-16-26(17-13-22)29(4,5)6;1-22(2,3)21-15-19(17-10-6-4-7-11-17)14-20(16-21)18-12-8-5-9-13-18;1-16(2,3)13-10-14(17(4,5)6)12-15(11-13)18(7,8)9;1-13(2,3)11-7-9-12(10-8-11)14(4,5)6/h16-24H,1-15H3;10-20H,1-9H3;4-16H,1-3H3;10-12H,1-9H3;7-10H,1-6H3. The Kier molecular flexibility index (Phi) is 30.7. The van der Waals surface area contributed by atoms with Crippen LogP contribution in [0.4, 0.5) is 0 Å². The number of benzene rings is 11. The van der Waals surface area contributed by atoms with Crippen molar-refractivity contribution in [1.29, 1.82) is 0 Å². The first-order valence-electron chi connectivity index (χ1n) is 45.7. The van der Waals surface area contributed by atoms with Crippen LogP contribution in [0.5, 0.6) is 0 Å². The molecule has 0 aliphatic rings. The first-order valence-corrected chi connectivity index (χ1v) is 45.7. The van der Waals surface area contributed by atoms with E-state index < -0.39 is 0 Å². The van der Waals surface area contributed by atoms with Crippen LogP contribution in [0, 0.1) is 0 Å². The molecule has 122 heavy (non-hydrogen) atoms. The van der Waals surface area contributed by atoms with Crippen LogP contribution in [0.3, 0.4) is 0 Å². The Hall–Kier alpha value is -8.58. The molecule has 0 saturated carbocycles. The van der Waals surface area contributed by atoms with Gasteiger partial charge in [-0.1, -0.05) is 515 Å². The van der Waals surface area contributed by atoms with Gasteiger partial charge in [0.05, 0.1) is 0 Å². The summed E-state index contributed by atoms with van der Waals surface area (Å²) in [6, 6.07) is 91.4. The summed E-state index contributed by atoms with van der Waals surface area (Å²) in [5.74, 6) is 0. The molecule has 11 aromatic carbocycles. The van der Waals surface area contributed by atoms with Gasteiger partial charge >= 0.3 is 0 Å². The highest BCUT2D eigenvalue weighted by Gasteiger charge is 2.29. The maximum Gasteiger partial charge on any atom is -0.0131 e. The van der Waals surface area contributed by atoms with Crippen LogP contribution in [0.15, 0.2) is 243 Å². The first-order chi connectivity index (χ1) is 55.3. The minimum Gasteiger partial charge on any atom is -0.0622 e. The minimum absolute atomic E-state index is 0.0494. The molecule has 0 saturated heterocycles. The van der Waals surface area contributed by atoms with Crippen molar-refractivity contribution in [1.82, 2.24) is 0 Å². The predicted octanol–water partition coefficient (Wildman–Crippen LogP) is 36.6. The van der Waals surface area contributed by atoms with E-state index in [2.05, 4.69) is 533 Å². The molecule has 0 unspecified atom stereocenters.